The molecular formula is C13H11Br3S. The van der Waals surface area contributed by atoms with Crippen molar-refractivity contribution in [3.63, 3.8) is 0 Å². The fourth-order valence-electron chi connectivity index (χ4n) is 1.66. The molecule has 0 fully saturated rings. The van der Waals surface area contributed by atoms with E-state index in [4.69, 9.17) is 0 Å². The zero-order valence-corrected chi connectivity index (χ0v) is 15.0. The van der Waals surface area contributed by atoms with Crippen molar-refractivity contribution in [2.75, 3.05) is 0 Å². The summed E-state index contributed by atoms with van der Waals surface area (Å²) in [6.45, 7) is 4.27. The maximum absolute atomic E-state index is 3.80. The predicted octanol–water partition coefficient (Wildman–Crippen LogP) is 6.37. The second kappa shape index (κ2) is 5.55. The molecule has 1 unspecified atom stereocenters. The van der Waals surface area contributed by atoms with Crippen LogP contribution in [-0.4, -0.2) is 0 Å². The Morgan fingerprint density at radius 1 is 1.12 bits per heavy atom. The summed E-state index contributed by atoms with van der Waals surface area (Å²) in [5, 5.41) is 0. The molecule has 1 atom stereocenters. The molecule has 17 heavy (non-hydrogen) atoms. The first-order chi connectivity index (χ1) is 8.00. The molecule has 0 bridgehead atoms. The topological polar surface area (TPSA) is 0 Å². The molecule has 0 saturated heterocycles. The molecule has 2 aromatic rings. The fraction of sp³-hybridized carbons (Fsp3) is 0.231. The summed E-state index contributed by atoms with van der Waals surface area (Å²) in [7, 11) is 0. The molecule has 90 valence electrons. The smallest absolute Gasteiger partial charge is 0.0741 e. The molecule has 0 N–H and O–H groups in total. The van der Waals surface area contributed by atoms with Gasteiger partial charge in [-0.2, -0.15) is 0 Å². The van der Waals surface area contributed by atoms with Crippen LogP contribution in [0.1, 0.15) is 25.7 Å². The van der Waals surface area contributed by atoms with E-state index in [1.54, 1.807) is 0 Å². The zero-order chi connectivity index (χ0) is 12.6. The van der Waals surface area contributed by atoms with Crippen LogP contribution in [-0.2, 0) is 0 Å². The number of aryl methyl sites for hydroxylation is 1. The van der Waals surface area contributed by atoms with Crippen LogP contribution in [0.2, 0.25) is 0 Å². The van der Waals surface area contributed by atoms with Crippen molar-refractivity contribution in [2.45, 2.75) is 18.7 Å². The lowest BCUT2D eigenvalue weighted by atomic mass is 10.1. The number of hydrogen-bond donors (Lipinski definition) is 0. The second-order valence-corrected chi connectivity index (χ2v) is 7.78. The van der Waals surface area contributed by atoms with Gasteiger partial charge < -0.3 is 0 Å². The van der Waals surface area contributed by atoms with Gasteiger partial charge in [0.2, 0.25) is 0 Å². The summed E-state index contributed by atoms with van der Waals surface area (Å²) in [4.78, 5) is 2.91. The fourth-order valence-corrected chi connectivity index (χ4v) is 4.51. The van der Waals surface area contributed by atoms with E-state index in [-0.39, 0.29) is 4.83 Å². The number of thiophene rings is 1. The van der Waals surface area contributed by atoms with Crippen LogP contribution < -0.4 is 0 Å². The zero-order valence-electron chi connectivity index (χ0n) is 9.43. The minimum Gasteiger partial charge on any atom is -0.143 e. The molecule has 0 radical (unpaired) electrons. The van der Waals surface area contributed by atoms with Gasteiger partial charge in [-0.05, 0) is 53.0 Å². The van der Waals surface area contributed by atoms with E-state index in [1.165, 1.54) is 25.4 Å². The van der Waals surface area contributed by atoms with Crippen LogP contribution >= 0.6 is 59.1 Å². The highest BCUT2D eigenvalue weighted by Crippen LogP contribution is 2.40. The summed E-state index contributed by atoms with van der Waals surface area (Å²) in [6, 6.07) is 8.52. The molecule has 0 spiro atoms. The van der Waals surface area contributed by atoms with E-state index in [0.29, 0.717) is 0 Å². The average molecular weight is 439 g/mol. The van der Waals surface area contributed by atoms with Gasteiger partial charge in [0.25, 0.3) is 0 Å². The van der Waals surface area contributed by atoms with Crippen LogP contribution in [0.15, 0.2) is 33.2 Å². The summed E-state index contributed by atoms with van der Waals surface area (Å²) < 4.78 is 2.35. The second-order valence-electron chi connectivity index (χ2n) is 3.87. The Balaban J connectivity index is 2.43. The lowest BCUT2D eigenvalue weighted by Crippen LogP contribution is -1.93. The Morgan fingerprint density at radius 3 is 2.41 bits per heavy atom. The van der Waals surface area contributed by atoms with Crippen LogP contribution in [0.25, 0.3) is 0 Å². The van der Waals surface area contributed by atoms with Crippen molar-refractivity contribution < 1.29 is 0 Å². The van der Waals surface area contributed by atoms with E-state index < -0.39 is 0 Å². The predicted molar refractivity (Wildman–Crippen MR) is 86.4 cm³/mol. The largest absolute Gasteiger partial charge is 0.143 e. The minimum absolute atomic E-state index is 0.259. The molecule has 0 amide bonds. The highest BCUT2D eigenvalue weighted by Gasteiger charge is 2.16. The Hall–Kier alpha value is 0.360. The average Bonchev–Trinajstić information content (AvgIpc) is 2.62. The molecule has 4 heteroatoms. The number of benzene rings is 1. The van der Waals surface area contributed by atoms with E-state index in [1.807, 2.05) is 11.3 Å². The highest BCUT2D eigenvalue weighted by molar-refractivity contribution is 9.11. The van der Waals surface area contributed by atoms with Gasteiger partial charge in [0.1, 0.15) is 0 Å². The van der Waals surface area contributed by atoms with Crippen LogP contribution in [0.5, 0.6) is 0 Å². The summed E-state index contributed by atoms with van der Waals surface area (Å²) in [6.07, 6.45) is 0. The van der Waals surface area contributed by atoms with Crippen LogP contribution in [0.4, 0.5) is 0 Å². The third-order valence-corrected chi connectivity index (χ3v) is 7.06. The summed E-state index contributed by atoms with van der Waals surface area (Å²) in [5.41, 5.74) is 2.60. The van der Waals surface area contributed by atoms with Crippen molar-refractivity contribution in [1.82, 2.24) is 0 Å². The third-order valence-electron chi connectivity index (χ3n) is 2.71. The van der Waals surface area contributed by atoms with Gasteiger partial charge in [-0.25, -0.2) is 0 Å². The molecule has 0 aliphatic carbocycles. The maximum Gasteiger partial charge on any atom is 0.0741 e. The van der Waals surface area contributed by atoms with Gasteiger partial charge >= 0.3 is 0 Å². The van der Waals surface area contributed by atoms with Gasteiger partial charge in [-0.15, -0.1) is 11.3 Å². The standard InChI is InChI=1S/C13H11Br3S/c1-7-9(4-3-5-10(7)14)13(16)12-6-11(15)8(2)17-12/h3-6,13H,1-2H3. The monoisotopic (exact) mass is 436 g/mol. The van der Waals surface area contributed by atoms with Gasteiger partial charge in [0, 0.05) is 18.7 Å². The molecule has 1 heterocycles. The third kappa shape index (κ3) is 2.86. The lowest BCUT2D eigenvalue weighted by Gasteiger charge is -2.12. The van der Waals surface area contributed by atoms with Crippen molar-refractivity contribution in [3.05, 3.63) is 54.1 Å². The van der Waals surface area contributed by atoms with Crippen LogP contribution in [0.3, 0.4) is 0 Å². The molecule has 2 rings (SSSR count). The molecular weight excluding hydrogens is 428 g/mol. The normalized spacial score (nSPS) is 12.8. The maximum atomic E-state index is 3.80. The molecule has 0 aliphatic heterocycles. The molecule has 0 saturated carbocycles. The minimum atomic E-state index is 0.259. The van der Waals surface area contributed by atoms with E-state index in [0.717, 1.165) is 4.47 Å². The van der Waals surface area contributed by atoms with E-state index >= 15 is 0 Å². The number of hydrogen-bond acceptors (Lipinski definition) is 1. The SMILES string of the molecule is Cc1sc(C(Br)c2cccc(Br)c2C)cc1Br. The Labute approximate surface area is 131 Å². The van der Waals surface area contributed by atoms with Crippen molar-refractivity contribution >= 4 is 59.1 Å². The van der Waals surface area contributed by atoms with Gasteiger partial charge in [-0.3, -0.25) is 0 Å². The highest BCUT2D eigenvalue weighted by atomic mass is 79.9. The van der Waals surface area contributed by atoms with E-state index in [9.17, 15) is 0 Å². The quantitative estimate of drug-likeness (QED) is 0.477. The lowest BCUT2D eigenvalue weighted by molar-refractivity contribution is 1.17. The Morgan fingerprint density at radius 2 is 1.82 bits per heavy atom. The molecule has 0 aliphatic rings. The molecule has 0 nitrogen and oxygen atoms in total. The van der Waals surface area contributed by atoms with Crippen molar-refractivity contribution in [3.8, 4) is 0 Å². The number of alkyl halides is 1. The molecule has 1 aromatic carbocycles. The number of rotatable bonds is 2. The molecule has 1 aromatic heterocycles. The first kappa shape index (κ1) is 13.8. The van der Waals surface area contributed by atoms with Crippen molar-refractivity contribution in [2.24, 2.45) is 0 Å². The first-order valence-electron chi connectivity index (χ1n) is 5.15. The first-order valence-corrected chi connectivity index (χ1v) is 8.47. The van der Waals surface area contributed by atoms with Gasteiger partial charge in [0.05, 0.1) is 4.83 Å². The van der Waals surface area contributed by atoms with Gasteiger partial charge in [-0.1, -0.05) is 44.0 Å². The van der Waals surface area contributed by atoms with E-state index in [2.05, 4.69) is 85.9 Å². The summed E-state index contributed by atoms with van der Waals surface area (Å²) >= 11 is 12.8. The number of halogens is 3. The van der Waals surface area contributed by atoms with Crippen molar-refractivity contribution in [1.29, 1.82) is 0 Å². The Kier molecular flexibility index (Phi) is 4.50. The summed E-state index contributed by atoms with van der Waals surface area (Å²) in [5.74, 6) is 0. The van der Waals surface area contributed by atoms with Crippen LogP contribution in [0, 0.1) is 13.8 Å². The van der Waals surface area contributed by atoms with Gasteiger partial charge in [0.15, 0.2) is 0 Å². The Bertz CT molecular complexity index is 526.